The number of allylic oxidation sites excluding steroid dienone is 4. The first-order valence-corrected chi connectivity index (χ1v) is 15.7. The Labute approximate surface area is 270 Å². The Morgan fingerprint density at radius 3 is 2.70 bits per heavy atom. The van der Waals surface area contributed by atoms with E-state index in [1.165, 1.54) is 5.56 Å². The number of hydrogen-bond acceptors (Lipinski definition) is 6. The summed E-state index contributed by atoms with van der Waals surface area (Å²) in [5, 5.41) is 25.0. The minimum Gasteiger partial charge on any atom is -0.383 e. The number of nitrogens with one attached hydrogen (secondary N) is 2. The maximum absolute atomic E-state index is 13.5. The largest absolute Gasteiger partial charge is 0.383 e. The van der Waals surface area contributed by atoms with E-state index in [1.54, 1.807) is 18.0 Å². The molecule has 6 rings (SSSR count). The number of aromatic nitrogens is 4. The maximum atomic E-state index is 13.5. The van der Waals surface area contributed by atoms with Crippen molar-refractivity contribution in [2.75, 3.05) is 45.2 Å². The predicted octanol–water partition coefficient (Wildman–Crippen LogP) is 5.81. The molecular formula is C36H40N8O2. The predicted molar refractivity (Wildman–Crippen MR) is 180 cm³/mol. The molecule has 0 spiro atoms. The number of anilines is 1. The molecule has 236 valence electrons. The van der Waals surface area contributed by atoms with Crippen molar-refractivity contribution in [3.05, 3.63) is 95.8 Å². The van der Waals surface area contributed by atoms with Gasteiger partial charge in [-0.15, -0.1) is 0 Å². The number of urea groups is 1. The maximum Gasteiger partial charge on any atom is 0.320 e. The number of aryl methyl sites for hydroxylation is 1. The van der Waals surface area contributed by atoms with Crippen LogP contribution in [0.25, 0.3) is 28.1 Å². The summed E-state index contributed by atoms with van der Waals surface area (Å²) >= 11 is 0. The van der Waals surface area contributed by atoms with E-state index in [4.69, 9.17) is 9.84 Å². The van der Waals surface area contributed by atoms with Gasteiger partial charge in [-0.1, -0.05) is 48.6 Å². The van der Waals surface area contributed by atoms with Gasteiger partial charge < -0.3 is 15.0 Å². The third-order valence-corrected chi connectivity index (χ3v) is 8.89. The fourth-order valence-corrected chi connectivity index (χ4v) is 6.48. The van der Waals surface area contributed by atoms with Crippen molar-refractivity contribution in [3.8, 4) is 28.5 Å². The molecule has 2 atom stereocenters. The van der Waals surface area contributed by atoms with Gasteiger partial charge in [0.2, 0.25) is 0 Å². The molecule has 0 radical (unpaired) electrons. The lowest BCUT2D eigenvalue weighted by Gasteiger charge is -2.21. The molecule has 0 bridgehead atoms. The molecule has 10 heteroatoms. The SMILES string of the molecule is COCCN1C[C@@H](CNC(=O)Nc2c(C)c(-c3cnn(C)c3)nn2C2=CC=CCC2)[C@H](c2cccc(-c3cccc(C#N)c3)c2)C1. The molecule has 2 N–H and O–H groups in total. The summed E-state index contributed by atoms with van der Waals surface area (Å²) in [6, 6.07) is 18.2. The molecule has 2 amide bonds. The van der Waals surface area contributed by atoms with Crippen molar-refractivity contribution < 1.29 is 9.53 Å². The smallest absolute Gasteiger partial charge is 0.320 e. The first kappa shape index (κ1) is 31.0. The first-order chi connectivity index (χ1) is 22.4. The Bertz CT molecular complexity index is 1810. The Morgan fingerprint density at radius 2 is 1.96 bits per heavy atom. The van der Waals surface area contributed by atoms with Crippen molar-refractivity contribution in [1.29, 1.82) is 5.26 Å². The highest BCUT2D eigenvalue weighted by atomic mass is 16.5. The number of nitriles is 1. The zero-order valence-electron chi connectivity index (χ0n) is 26.6. The Balaban J connectivity index is 1.21. The van der Waals surface area contributed by atoms with Crippen LogP contribution in [0.15, 0.2) is 79.2 Å². The summed E-state index contributed by atoms with van der Waals surface area (Å²) in [4.78, 5) is 15.9. The molecule has 4 aromatic rings. The average Bonchev–Trinajstić information content (AvgIpc) is 3.80. The van der Waals surface area contributed by atoms with Crippen molar-refractivity contribution in [3.63, 3.8) is 0 Å². The minimum absolute atomic E-state index is 0.200. The van der Waals surface area contributed by atoms with Gasteiger partial charge in [0.1, 0.15) is 11.5 Å². The fourth-order valence-electron chi connectivity index (χ4n) is 6.48. The second kappa shape index (κ2) is 14.0. The number of ether oxygens (including phenoxy) is 1. The second-order valence-corrected chi connectivity index (χ2v) is 12.0. The van der Waals surface area contributed by atoms with Crippen molar-refractivity contribution >= 4 is 17.5 Å². The van der Waals surface area contributed by atoms with Crippen molar-refractivity contribution in [2.24, 2.45) is 13.0 Å². The van der Waals surface area contributed by atoms with Crippen LogP contribution in [0.1, 0.15) is 35.4 Å². The van der Waals surface area contributed by atoms with Gasteiger partial charge in [0.25, 0.3) is 0 Å². The molecule has 0 saturated carbocycles. The molecule has 0 unspecified atom stereocenters. The van der Waals surface area contributed by atoms with E-state index in [9.17, 15) is 10.1 Å². The lowest BCUT2D eigenvalue weighted by Crippen LogP contribution is -2.36. The van der Waals surface area contributed by atoms with Gasteiger partial charge in [-0.25, -0.2) is 9.48 Å². The van der Waals surface area contributed by atoms with Gasteiger partial charge >= 0.3 is 6.03 Å². The number of carbonyl (C=O) groups is 1. The van der Waals surface area contributed by atoms with E-state index < -0.39 is 0 Å². The summed E-state index contributed by atoms with van der Waals surface area (Å²) < 4.78 is 8.99. The third kappa shape index (κ3) is 6.81. The lowest BCUT2D eigenvalue weighted by molar-refractivity contribution is 0.158. The highest BCUT2D eigenvalue weighted by molar-refractivity contribution is 5.91. The number of methoxy groups -OCH3 is 1. The number of amides is 2. The summed E-state index contributed by atoms with van der Waals surface area (Å²) in [6.07, 6.45) is 11.7. The van der Waals surface area contributed by atoms with Crippen LogP contribution in [0, 0.1) is 24.2 Å². The zero-order valence-corrected chi connectivity index (χ0v) is 26.6. The molecule has 1 aliphatic carbocycles. The molecule has 3 heterocycles. The molecule has 1 fully saturated rings. The molecule has 46 heavy (non-hydrogen) atoms. The Morgan fingerprint density at radius 1 is 1.13 bits per heavy atom. The topological polar surface area (TPSA) is 113 Å². The molecule has 2 aliphatic rings. The number of nitrogens with zero attached hydrogens (tertiary/aromatic N) is 6. The normalized spacial score (nSPS) is 17.9. The van der Waals surface area contributed by atoms with Crippen molar-refractivity contribution in [1.82, 2.24) is 29.8 Å². The standard InChI is InChI=1S/C36H40N8O2/c1-25-34(31-21-39-42(2)22-31)41-44(32-13-5-4-6-14-32)35(25)40-36(45)38-20-30-23-43(15-16-46-3)24-33(30)29-12-8-11-28(18-29)27-10-7-9-26(17-27)19-37/h4-5,7-13,17-18,21-22,30,33H,6,14-16,20,23-24H2,1-3H3,(H2,38,40,45)/t30-,33+/m1/s1. The van der Waals surface area contributed by atoms with Gasteiger partial charge in [0.15, 0.2) is 0 Å². The molecule has 10 nitrogen and oxygen atoms in total. The van der Waals surface area contributed by atoms with E-state index in [2.05, 4.69) is 63.1 Å². The first-order valence-electron chi connectivity index (χ1n) is 15.7. The summed E-state index contributed by atoms with van der Waals surface area (Å²) in [5.74, 6) is 1.08. The number of hydrogen-bond donors (Lipinski definition) is 2. The molecule has 1 saturated heterocycles. The fraction of sp³-hybridized carbons (Fsp3) is 0.333. The highest BCUT2D eigenvalue weighted by Crippen LogP contribution is 2.35. The Hall–Kier alpha value is -4.98. The second-order valence-electron chi connectivity index (χ2n) is 12.0. The van der Waals surface area contributed by atoms with Crippen molar-refractivity contribution in [2.45, 2.75) is 25.7 Å². The monoisotopic (exact) mass is 616 g/mol. The average molecular weight is 617 g/mol. The third-order valence-electron chi connectivity index (χ3n) is 8.89. The number of rotatable bonds is 10. The highest BCUT2D eigenvalue weighted by Gasteiger charge is 2.34. The lowest BCUT2D eigenvalue weighted by atomic mass is 9.87. The summed E-state index contributed by atoms with van der Waals surface area (Å²) in [7, 11) is 3.61. The van der Waals surface area contributed by atoms with Crippen LogP contribution in [0.4, 0.5) is 10.6 Å². The molecule has 2 aromatic heterocycles. The van der Waals surface area contributed by atoms with Gasteiger partial charge in [-0.05, 0) is 60.6 Å². The van der Waals surface area contributed by atoms with E-state index in [-0.39, 0.29) is 17.9 Å². The molecule has 1 aliphatic heterocycles. The van der Waals surface area contributed by atoms with Crippen LogP contribution < -0.4 is 10.6 Å². The van der Waals surface area contributed by atoms with Gasteiger partial charge in [-0.3, -0.25) is 10.00 Å². The molecule has 2 aromatic carbocycles. The van der Waals surface area contributed by atoms with Crippen LogP contribution in [0.2, 0.25) is 0 Å². The summed E-state index contributed by atoms with van der Waals surface area (Å²) in [6.45, 7) is 5.72. The van der Waals surface area contributed by atoms with E-state index in [1.807, 2.05) is 55.2 Å². The zero-order chi connectivity index (χ0) is 32.0. The van der Waals surface area contributed by atoms with E-state index in [0.29, 0.717) is 24.5 Å². The van der Waals surface area contributed by atoms with E-state index in [0.717, 1.165) is 66.1 Å². The Kier molecular flexibility index (Phi) is 9.43. The quantitative estimate of drug-likeness (QED) is 0.233. The van der Waals surface area contributed by atoms with Gasteiger partial charge in [-0.2, -0.15) is 15.5 Å². The van der Waals surface area contributed by atoms with Crippen LogP contribution in [0.3, 0.4) is 0 Å². The molecular weight excluding hydrogens is 576 g/mol. The van der Waals surface area contributed by atoms with Gasteiger partial charge in [0, 0.05) is 69.3 Å². The number of carbonyl (C=O) groups excluding carboxylic acids is 1. The minimum atomic E-state index is -0.259. The van der Waals surface area contributed by atoms with Crippen LogP contribution in [-0.2, 0) is 11.8 Å². The van der Waals surface area contributed by atoms with E-state index >= 15 is 0 Å². The van der Waals surface area contributed by atoms with Gasteiger partial charge in [0.05, 0.1) is 24.4 Å². The number of benzene rings is 2. The van der Waals surface area contributed by atoms with Crippen LogP contribution in [-0.4, -0.2) is 70.4 Å². The summed E-state index contributed by atoms with van der Waals surface area (Å²) in [5.41, 5.74) is 7.58. The van der Waals surface area contributed by atoms with Crippen LogP contribution in [0.5, 0.6) is 0 Å². The van der Waals surface area contributed by atoms with Crippen LogP contribution >= 0.6 is 0 Å². The number of likely N-dealkylation sites (tertiary alicyclic amines) is 1.